The first-order valence-corrected chi connectivity index (χ1v) is 11.8. The number of carbonyl (C=O) groups is 2. The molecule has 7 heteroatoms. The lowest BCUT2D eigenvalue weighted by molar-refractivity contribution is -0.130. The second-order valence-electron chi connectivity index (χ2n) is 8.65. The predicted molar refractivity (Wildman–Crippen MR) is 112 cm³/mol. The molecule has 0 radical (unpaired) electrons. The molecule has 0 amide bonds. The maximum atomic E-state index is 12.7. The molecule has 1 aliphatic heterocycles. The molecule has 154 valence electrons. The van der Waals surface area contributed by atoms with Crippen LogP contribution in [0, 0.1) is 23.0 Å². The van der Waals surface area contributed by atoms with Crippen LogP contribution in [-0.2, 0) is 9.59 Å². The summed E-state index contributed by atoms with van der Waals surface area (Å²) in [5, 5.41) is 20.6. The Morgan fingerprint density at radius 2 is 1.59 bits per heavy atom. The third kappa shape index (κ3) is 5.72. The van der Waals surface area contributed by atoms with E-state index in [-0.39, 0.29) is 32.7 Å². The van der Waals surface area contributed by atoms with Crippen molar-refractivity contribution in [3.05, 3.63) is 5.21 Å². The summed E-state index contributed by atoms with van der Waals surface area (Å²) in [5.74, 6) is 0.989. The lowest BCUT2D eigenvalue weighted by Gasteiger charge is -2.40. The molecule has 2 saturated carbocycles. The molecule has 0 bridgehead atoms. The number of alkyl halides is 1. The zero-order valence-electron chi connectivity index (χ0n) is 16.0. The summed E-state index contributed by atoms with van der Waals surface area (Å²) in [6, 6.07) is -0.479. The highest BCUT2D eigenvalue weighted by molar-refractivity contribution is 14.1. The van der Waals surface area contributed by atoms with Crippen molar-refractivity contribution in [1.82, 2.24) is 10.1 Å². The molecular weight excluding hydrogens is 459 g/mol. The maximum absolute atomic E-state index is 12.7. The van der Waals surface area contributed by atoms with E-state index in [0.29, 0.717) is 18.7 Å². The van der Waals surface area contributed by atoms with E-state index in [0.717, 1.165) is 51.6 Å². The molecule has 2 aliphatic carbocycles. The third-order valence-corrected chi connectivity index (χ3v) is 8.30. The van der Waals surface area contributed by atoms with Crippen LogP contribution in [0.3, 0.4) is 0 Å². The minimum absolute atomic E-state index is 0.0406. The third-order valence-electron chi connectivity index (χ3n) is 6.85. The summed E-state index contributed by atoms with van der Waals surface area (Å²) in [4.78, 5) is 27.6. The van der Waals surface area contributed by atoms with Crippen LogP contribution in [-0.4, -0.2) is 56.5 Å². The standard InChI is InChI=1S/C20H32IN2O4/c21-17-7-6-16(12-18(17)23(26)27)19(24)13-22-10-8-15(9-11-22)20(25)14-4-2-1-3-5-14/h14-18,26H,1-13H2/q-1. The van der Waals surface area contributed by atoms with Crippen LogP contribution in [0.4, 0.5) is 0 Å². The number of nitrogens with zero attached hydrogens (tertiary/aromatic N) is 2. The van der Waals surface area contributed by atoms with Crippen molar-refractivity contribution in [2.24, 2.45) is 17.8 Å². The fourth-order valence-corrected chi connectivity index (χ4v) is 6.00. The SMILES string of the molecule is O=C(CN1CCC(C(=O)C2CCCCC2)CC1)C1CCC(I)C(N([O-])O)C1. The van der Waals surface area contributed by atoms with E-state index in [1.165, 1.54) is 19.3 Å². The number of hydrogen-bond acceptors (Lipinski definition) is 6. The van der Waals surface area contributed by atoms with E-state index >= 15 is 0 Å². The zero-order valence-corrected chi connectivity index (χ0v) is 18.2. The quantitative estimate of drug-likeness (QED) is 0.348. The number of halogens is 1. The van der Waals surface area contributed by atoms with Gasteiger partial charge in [-0.15, -0.1) is 0 Å². The number of Topliss-reactive ketones (excluding diaryl/α,β-unsaturated/α-hetero) is 2. The van der Waals surface area contributed by atoms with Gasteiger partial charge in [-0.05, 0) is 58.0 Å². The molecule has 3 fully saturated rings. The molecule has 0 spiro atoms. The van der Waals surface area contributed by atoms with E-state index in [1.807, 2.05) is 0 Å². The Labute approximate surface area is 175 Å². The molecule has 3 unspecified atom stereocenters. The van der Waals surface area contributed by atoms with Gasteiger partial charge in [0.2, 0.25) is 0 Å². The second-order valence-corrected chi connectivity index (χ2v) is 10.2. The van der Waals surface area contributed by atoms with Gasteiger partial charge in [-0.25, -0.2) is 0 Å². The number of carbonyl (C=O) groups excluding carboxylic acids is 2. The van der Waals surface area contributed by atoms with Crippen molar-refractivity contribution in [3.63, 3.8) is 0 Å². The Morgan fingerprint density at radius 3 is 2.22 bits per heavy atom. The molecule has 27 heavy (non-hydrogen) atoms. The van der Waals surface area contributed by atoms with E-state index in [4.69, 9.17) is 0 Å². The Morgan fingerprint density at radius 1 is 0.963 bits per heavy atom. The Balaban J connectivity index is 1.43. The molecule has 1 N–H and O–H groups in total. The van der Waals surface area contributed by atoms with Gasteiger partial charge in [-0.2, -0.15) is 0 Å². The molecule has 6 nitrogen and oxygen atoms in total. The molecule has 3 aliphatic rings. The highest BCUT2D eigenvalue weighted by Crippen LogP contribution is 2.33. The predicted octanol–water partition coefficient (Wildman–Crippen LogP) is 3.58. The Bertz CT molecular complexity index is 516. The van der Waals surface area contributed by atoms with Crippen molar-refractivity contribution >= 4 is 34.2 Å². The maximum Gasteiger partial charge on any atom is 0.149 e. The number of ketones is 2. The van der Waals surface area contributed by atoms with Gasteiger partial charge in [0.25, 0.3) is 0 Å². The fraction of sp³-hybridized carbons (Fsp3) is 0.900. The monoisotopic (exact) mass is 491 g/mol. The summed E-state index contributed by atoms with van der Waals surface area (Å²) >= 11 is 2.19. The van der Waals surface area contributed by atoms with E-state index in [2.05, 4.69) is 27.5 Å². The van der Waals surface area contributed by atoms with Gasteiger partial charge in [0.1, 0.15) is 11.6 Å². The minimum atomic E-state index is -0.479. The normalized spacial score (nSPS) is 31.9. The molecule has 0 aromatic carbocycles. The summed E-state index contributed by atoms with van der Waals surface area (Å²) in [6.45, 7) is 2.04. The summed E-state index contributed by atoms with van der Waals surface area (Å²) in [6.07, 6.45) is 9.57. The summed E-state index contributed by atoms with van der Waals surface area (Å²) in [7, 11) is 0. The molecule has 1 saturated heterocycles. The molecule has 3 atom stereocenters. The van der Waals surface area contributed by atoms with Crippen LogP contribution >= 0.6 is 22.6 Å². The summed E-state index contributed by atoms with van der Waals surface area (Å²) in [5.41, 5.74) is 0. The van der Waals surface area contributed by atoms with Crippen molar-refractivity contribution in [2.75, 3.05) is 19.6 Å². The van der Waals surface area contributed by atoms with Crippen molar-refractivity contribution < 1.29 is 14.8 Å². The first kappa shape index (κ1) is 21.6. The van der Waals surface area contributed by atoms with Gasteiger partial charge in [0.15, 0.2) is 0 Å². The van der Waals surface area contributed by atoms with Crippen LogP contribution in [0.15, 0.2) is 0 Å². The molecular formula is C20H32IN2O4-. The van der Waals surface area contributed by atoms with Gasteiger partial charge in [-0.1, -0.05) is 41.9 Å². The van der Waals surface area contributed by atoms with Crippen molar-refractivity contribution in [3.8, 4) is 0 Å². The van der Waals surface area contributed by atoms with Gasteiger partial charge >= 0.3 is 0 Å². The fourth-order valence-electron chi connectivity index (χ4n) is 5.08. The van der Waals surface area contributed by atoms with Gasteiger partial charge in [-0.3, -0.25) is 19.7 Å². The lowest BCUT2D eigenvalue weighted by atomic mass is 9.78. The van der Waals surface area contributed by atoms with E-state index in [9.17, 15) is 20.0 Å². The van der Waals surface area contributed by atoms with Crippen LogP contribution in [0.25, 0.3) is 0 Å². The number of hydroxylamine groups is 2. The van der Waals surface area contributed by atoms with Gasteiger partial charge in [0.05, 0.1) is 6.54 Å². The zero-order chi connectivity index (χ0) is 19.4. The first-order chi connectivity index (χ1) is 13.0. The Kier molecular flexibility index (Phi) is 8.08. The topological polar surface area (TPSA) is 83.9 Å². The molecule has 1 heterocycles. The van der Waals surface area contributed by atoms with E-state index in [1.54, 1.807) is 0 Å². The number of rotatable bonds is 6. The van der Waals surface area contributed by atoms with Crippen LogP contribution in [0.2, 0.25) is 0 Å². The lowest BCUT2D eigenvalue weighted by Crippen LogP contribution is -2.45. The number of piperidine rings is 1. The molecule has 0 aromatic rings. The first-order valence-electron chi connectivity index (χ1n) is 10.5. The molecule has 0 aromatic heterocycles. The second kappa shape index (κ2) is 10.1. The van der Waals surface area contributed by atoms with Crippen LogP contribution in [0.5, 0.6) is 0 Å². The molecule has 3 rings (SSSR count). The van der Waals surface area contributed by atoms with Crippen molar-refractivity contribution in [1.29, 1.82) is 0 Å². The summed E-state index contributed by atoms with van der Waals surface area (Å²) < 4.78 is 0.0932. The van der Waals surface area contributed by atoms with Gasteiger partial charge in [0, 0.05) is 27.7 Å². The van der Waals surface area contributed by atoms with Gasteiger partial charge < -0.3 is 10.4 Å². The highest BCUT2D eigenvalue weighted by Gasteiger charge is 2.35. The minimum Gasteiger partial charge on any atom is -0.762 e. The van der Waals surface area contributed by atoms with Crippen LogP contribution in [0.1, 0.15) is 64.2 Å². The smallest absolute Gasteiger partial charge is 0.149 e. The number of hydrogen-bond donors (Lipinski definition) is 1. The average Bonchev–Trinajstić information content (AvgIpc) is 2.68. The van der Waals surface area contributed by atoms with Crippen molar-refractivity contribution in [2.45, 2.75) is 74.2 Å². The Hall–Kier alpha value is -0.0900. The van der Waals surface area contributed by atoms with E-state index < -0.39 is 6.04 Å². The average molecular weight is 491 g/mol. The van der Waals surface area contributed by atoms with Crippen LogP contribution < -0.4 is 0 Å². The highest BCUT2D eigenvalue weighted by atomic mass is 127. The number of likely N-dealkylation sites (tertiary alicyclic amines) is 1. The largest absolute Gasteiger partial charge is 0.762 e.